The Kier molecular flexibility index (Phi) is 7.62. The number of fused-ring (bicyclic) bond motifs is 1. The summed E-state index contributed by atoms with van der Waals surface area (Å²) in [5, 5.41) is 0. The highest BCUT2D eigenvalue weighted by Gasteiger charge is 2.22. The fourth-order valence-electron chi connectivity index (χ4n) is 4.08. The molecule has 0 unspecified atom stereocenters. The number of amidine groups is 1. The van der Waals surface area contributed by atoms with E-state index < -0.39 is 0 Å². The Morgan fingerprint density at radius 1 is 1.03 bits per heavy atom. The highest BCUT2D eigenvalue weighted by Crippen LogP contribution is 2.32. The van der Waals surface area contributed by atoms with Crippen LogP contribution in [-0.4, -0.2) is 15.8 Å². The molecule has 0 radical (unpaired) electrons. The van der Waals surface area contributed by atoms with Gasteiger partial charge in [0.25, 0.3) is 0 Å². The van der Waals surface area contributed by atoms with Gasteiger partial charge in [-0.25, -0.2) is 15.0 Å². The third-order valence-electron chi connectivity index (χ3n) is 5.82. The molecule has 0 spiro atoms. The van der Waals surface area contributed by atoms with E-state index in [9.17, 15) is 0 Å². The Morgan fingerprint density at radius 3 is 2.41 bits per heavy atom. The van der Waals surface area contributed by atoms with E-state index >= 15 is 0 Å². The number of aromatic nitrogens is 2. The lowest BCUT2D eigenvalue weighted by atomic mass is 9.93. The van der Waals surface area contributed by atoms with Gasteiger partial charge in [0, 0.05) is 28.4 Å². The molecule has 1 aromatic heterocycles. The Hall–Kier alpha value is -2.43. The van der Waals surface area contributed by atoms with Crippen LogP contribution in [0.3, 0.4) is 0 Å². The molecule has 1 aliphatic rings. The summed E-state index contributed by atoms with van der Waals surface area (Å²) in [6.07, 6.45) is 11.4. The van der Waals surface area contributed by atoms with Crippen molar-refractivity contribution in [3.63, 3.8) is 0 Å². The van der Waals surface area contributed by atoms with Crippen molar-refractivity contribution in [1.29, 1.82) is 0 Å². The van der Waals surface area contributed by atoms with Gasteiger partial charge < -0.3 is 11.5 Å². The average Bonchev–Trinajstić information content (AvgIpc) is 2.74. The Bertz CT molecular complexity index is 835. The molecule has 0 saturated carbocycles. The first-order chi connectivity index (χ1) is 14.1. The standard InChI is InChI=1S/C24H35N5/c1-3-5-11-17(12-6-4-2)23-27-21-16-10-8-14-19(21)24(29-23)28-22(26)18-13-7-9-15-20(18)25/h7,9,13,15,17H,3-6,8,10-12,14,16,25H2,1-2H3,(H2,26,27,28,29). The zero-order chi connectivity index (χ0) is 20.6. The molecule has 2 aromatic rings. The van der Waals surface area contributed by atoms with Crippen LogP contribution in [0.15, 0.2) is 29.3 Å². The van der Waals surface area contributed by atoms with Crippen LogP contribution in [0, 0.1) is 0 Å². The summed E-state index contributed by atoms with van der Waals surface area (Å²) in [6.45, 7) is 4.48. The Morgan fingerprint density at radius 2 is 1.72 bits per heavy atom. The molecule has 156 valence electrons. The topological polar surface area (TPSA) is 90.2 Å². The van der Waals surface area contributed by atoms with Crippen molar-refractivity contribution < 1.29 is 0 Å². The van der Waals surface area contributed by atoms with Crippen molar-refractivity contribution in [3.05, 3.63) is 46.9 Å². The summed E-state index contributed by atoms with van der Waals surface area (Å²) in [7, 11) is 0. The molecule has 0 amide bonds. The number of rotatable bonds is 9. The maximum absolute atomic E-state index is 6.36. The van der Waals surface area contributed by atoms with Gasteiger partial charge in [0.15, 0.2) is 5.82 Å². The third kappa shape index (κ3) is 5.34. The van der Waals surface area contributed by atoms with Crippen molar-refractivity contribution in [3.8, 4) is 0 Å². The number of para-hydroxylation sites is 1. The van der Waals surface area contributed by atoms with Crippen LogP contribution < -0.4 is 11.5 Å². The van der Waals surface area contributed by atoms with Crippen LogP contribution in [0.4, 0.5) is 11.5 Å². The number of nitrogens with zero attached hydrogens (tertiary/aromatic N) is 3. The zero-order valence-corrected chi connectivity index (χ0v) is 18.0. The average molecular weight is 394 g/mol. The molecule has 1 aromatic carbocycles. The summed E-state index contributed by atoms with van der Waals surface area (Å²) in [4.78, 5) is 14.8. The summed E-state index contributed by atoms with van der Waals surface area (Å²) >= 11 is 0. The van der Waals surface area contributed by atoms with E-state index in [0.29, 0.717) is 17.4 Å². The second-order valence-electron chi connectivity index (χ2n) is 8.10. The van der Waals surface area contributed by atoms with Crippen LogP contribution in [-0.2, 0) is 12.8 Å². The predicted molar refractivity (Wildman–Crippen MR) is 122 cm³/mol. The first-order valence-electron chi connectivity index (χ1n) is 11.2. The van der Waals surface area contributed by atoms with Gasteiger partial charge in [-0.3, -0.25) is 0 Å². The molecule has 0 aliphatic heterocycles. The molecule has 5 heteroatoms. The van der Waals surface area contributed by atoms with Gasteiger partial charge in [0.1, 0.15) is 11.7 Å². The van der Waals surface area contributed by atoms with E-state index in [-0.39, 0.29) is 0 Å². The zero-order valence-electron chi connectivity index (χ0n) is 18.0. The molecule has 5 nitrogen and oxygen atoms in total. The molecule has 0 atom stereocenters. The molecule has 4 N–H and O–H groups in total. The first-order valence-corrected chi connectivity index (χ1v) is 11.2. The highest BCUT2D eigenvalue weighted by molar-refractivity contribution is 6.03. The molecule has 3 rings (SSSR count). The van der Waals surface area contributed by atoms with Crippen LogP contribution in [0.25, 0.3) is 0 Å². The number of nitrogens with two attached hydrogens (primary N) is 2. The minimum absolute atomic E-state index is 0.402. The number of benzene rings is 1. The van der Waals surface area contributed by atoms with Gasteiger partial charge in [0.05, 0.1) is 0 Å². The highest BCUT2D eigenvalue weighted by atomic mass is 15.0. The van der Waals surface area contributed by atoms with Crippen molar-refractivity contribution in [1.82, 2.24) is 9.97 Å². The second kappa shape index (κ2) is 10.4. The number of anilines is 1. The van der Waals surface area contributed by atoms with Gasteiger partial charge in [0.2, 0.25) is 0 Å². The molecular formula is C24H35N5. The van der Waals surface area contributed by atoms with Crippen LogP contribution in [0.5, 0.6) is 0 Å². The largest absolute Gasteiger partial charge is 0.398 e. The maximum Gasteiger partial charge on any atom is 0.161 e. The number of hydrogen-bond donors (Lipinski definition) is 2. The normalized spacial score (nSPS) is 14.2. The van der Waals surface area contributed by atoms with E-state index in [1.54, 1.807) is 0 Å². The third-order valence-corrected chi connectivity index (χ3v) is 5.82. The van der Waals surface area contributed by atoms with Gasteiger partial charge in [-0.1, -0.05) is 51.7 Å². The van der Waals surface area contributed by atoms with Gasteiger partial charge in [-0.05, 0) is 50.7 Å². The molecular weight excluding hydrogens is 358 g/mol. The number of unbranched alkanes of at least 4 members (excludes halogenated alkanes) is 2. The first kappa shape index (κ1) is 21.3. The van der Waals surface area contributed by atoms with Crippen LogP contribution in [0.1, 0.15) is 93.8 Å². The van der Waals surface area contributed by atoms with Crippen LogP contribution >= 0.6 is 0 Å². The van der Waals surface area contributed by atoms with E-state index in [1.165, 1.54) is 43.4 Å². The number of nitrogen functional groups attached to an aromatic ring is 1. The summed E-state index contributed by atoms with van der Waals surface area (Å²) in [5.41, 5.74) is 16.2. The fourth-order valence-corrected chi connectivity index (χ4v) is 4.08. The van der Waals surface area contributed by atoms with E-state index in [2.05, 4.69) is 13.8 Å². The molecule has 0 saturated heterocycles. The molecule has 29 heavy (non-hydrogen) atoms. The molecule has 0 fully saturated rings. The maximum atomic E-state index is 6.36. The van der Waals surface area contributed by atoms with Crippen molar-refractivity contribution in [2.45, 2.75) is 84.0 Å². The monoisotopic (exact) mass is 393 g/mol. The fraction of sp³-hybridized carbons (Fsp3) is 0.542. The predicted octanol–water partition coefficient (Wildman–Crippen LogP) is 5.44. The van der Waals surface area contributed by atoms with E-state index in [0.717, 1.165) is 49.3 Å². The Labute approximate surface area is 175 Å². The summed E-state index contributed by atoms with van der Waals surface area (Å²) in [5.74, 6) is 2.54. The Balaban J connectivity index is 2.02. The van der Waals surface area contributed by atoms with Crippen LogP contribution in [0.2, 0.25) is 0 Å². The minimum Gasteiger partial charge on any atom is -0.398 e. The van der Waals surface area contributed by atoms with Crippen molar-refractivity contribution in [2.75, 3.05) is 5.73 Å². The minimum atomic E-state index is 0.402. The van der Waals surface area contributed by atoms with E-state index in [4.69, 9.17) is 26.4 Å². The summed E-state index contributed by atoms with van der Waals surface area (Å²) < 4.78 is 0. The van der Waals surface area contributed by atoms with E-state index in [1.807, 2.05) is 24.3 Å². The number of aliphatic imine (C=N–C) groups is 1. The second-order valence-corrected chi connectivity index (χ2v) is 8.10. The van der Waals surface area contributed by atoms with Gasteiger partial charge in [-0.15, -0.1) is 0 Å². The van der Waals surface area contributed by atoms with Gasteiger partial charge in [-0.2, -0.15) is 0 Å². The summed E-state index contributed by atoms with van der Waals surface area (Å²) in [6, 6.07) is 7.60. The molecule has 1 aliphatic carbocycles. The molecule has 1 heterocycles. The molecule has 0 bridgehead atoms. The SMILES string of the molecule is CCCCC(CCCC)c1nc2c(c(N=C(N)c3ccccc3N)n1)CCCC2. The lowest BCUT2D eigenvalue weighted by molar-refractivity contribution is 0.498. The smallest absolute Gasteiger partial charge is 0.161 e. The lowest BCUT2D eigenvalue weighted by Gasteiger charge is -2.21. The number of aryl methyl sites for hydroxylation is 1. The number of hydrogen-bond acceptors (Lipinski definition) is 4. The van der Waals surface area contributed by atoms with Crippen molar-refractivity contribution >= 4 is 17.3 Å². The van der Waals surface area contributed by atoms with Gasteiger partial charge >= 0.3 is 0 Å². The lowest BCUT2D eigenvalue weighted by Crippen LogP contribution is -2.17. The van der Waals surface area contributed by atoms with Crippen molar-refractivity contribution in [2.24, 2.45) is 10.7 Å². The quantitative estimate of drug-likeness (QED) is 0.337.